The minimum Gasteiger partial charge on any atom is -0.461 e. The molecule has 0 saturated carbocycles. The Balaban J connectivity index is 2.18. The summed E-state index contributed by atoms with van der Waals surface area (Å²) in [6.45, 7) is 1.74. The van der Waals surface area contributed by atoms with Gasteiger partial charge in [-0.2, -0.15) is 10.4 Å². The van der Waals surface area contributed by atoms with Gasteiger partial charge < -0.3 is 10.1 Å². The zero-order chi connectivity index (χ0) is 18.9. The van der Waals surface area contributed by atoms with Gasteiger partial charge in [0.05, 0.1) is 17.3 Å². The molecule has 0 fully saturated rings. The average Bonchev–Trinajstić information content (AvgIpc) is 2.64. The third-order valence-electron chi connectivity index (χ3n) is 3.12. The molecule has 0 bridgehead atoms. The molecule has 0 aliphatic rings. The van der Waals surface area contributed by atoms with Crippen molar-refractivity contribution < 1.29 is 14.3 Å². The number of carbonyl (C=O) groups is 2. The standard InChI is InChI=1S/C18H15ClN4O3/c1-2-26-18(25)16(11-20)23-22-15-10-12(8-9-14(15)19)17(24)21-13-6-4-3-5-7-13/h3-10,22H,2H2,1H3,(H,21,24)/b23-16-. The van der Waals surface area contributed by atoms with E-state index in [-0.39, 0.29) is 23.2 Å². The van der Waals surface area contributed by atoms with Crippen molar-refractivity contribution in [2.24, 2.45) is 5.10 Å². The highest BCUT2D eigenvalue weighted by Gasteiger charge is 2.13. The fourth-order valence-corrected chi connectivity index (χ4v) is 2.07. The van der Waals surface area contributed by atoms with Crippen molar-refractivity contribution in [3.05, 3.63) is 59.1 Å². The number of halogens is 1. The first-order valence-corrected chi connectivity index (χ1v) is 7.99. The molecule has 2 N–H and O–H groups in total. The molecule has 2 rings (SSSR count). The van der Waals surface area contributed by atoms with Crippen molar-refractivity contribution in [1.82, 2.24) is 0 Å². The number of nitrogens with one attached hydrogen (secondary N) is 2. The summed E-state index contributed by atoms with van der Waals surface area (Å²) in [5.41, 5.74) is 3.30. The van der Waals surface area contributed by atoms with E-state index in [0.29, 0.717) is 11.3 Å². The maximum Gasteiger partial charge on any atom is 0.369 e. The van der Waals surface area contributed by atoms with Gasteiger partial charge in [-0.15, -0.1) is 0 Å². The average molecular weight is 371 g/mol. The summed E-state index contributed by atoms with van der Waals surface area (Å²) < 4.78 is 4.71. The molecule has 0 saturated heterocycles. The number of carbonyl (C=O) groups excluding carboxylic acids is 2. The van der Waals surface area contributed by atoms with Gasteiger partial charge in [-0.25, -0.2) is 4.79 Å². The van der Waals surface area contributed by atoms with Crippen molar-refractivity contribution in [2.45, 2.75) is 6.92 Å². The highest BCUT2D eigenvalue weighted by atomic mass is 35.5. The van der Waals surface area contributed by atoms with Crippen LogP contribution in [-0.2, 0) is 9.53 Å². The first-order chi connectivity index (χ1) is 12.5. The van der Waals surface area contributed by atoms with Crippen LogP contribution in [0.3, 0.4) is 0 Å². The molecule has 0 aliphatic carbocycles. The van der Waals surface area contributed by atoms with E-state index in [2.05, 4.69) is 15.8 Å². The summed E-state index contributed by atoms with van der Waals surface area (Å²) in [5.74, 6) is -1.19. The van der Waals surface area contributed by atoms with Gasteiger partial charge in [0.15, 0.2) is 0 Å². The van der Waals surface area contributed by atoms with Crippen molar-refractivity contribution in [3.63, 3.8) is 0 Å². The number of amides is 1. The zero-order valence-corrected chi connectivity index (χ0v) is 14.6. The lowest BCUT2D eigenvalue weighted by atomic mass is 10.2. The molecule has 2 aromatic carbocycles. The molecule has 0 unspecified atom stereocenters. The molecular weight excluding hydrogens is 356 g/mol. The number of nitrogens with zero attached hydrogens (tertiary/aromatic N) is 2. The Morgan fingerprint density at radius 1 is 1.23 bits per heavy atom. The van der Waals surface area contributed by atoms with E-state index in [1.54, 1.807) is 43.3 Å². The number of hydrazone groups is 1. The normalized spacial score (nSPS) is 10.6. The van der Waals surface area contributed by atoms with E-state index in [1.807, 2.05) is 6.07 Å². The van der Waals surface area contributed by atoms with Crippen molar-refractivity contribution in [1.29, 1.82) is 5.26 Å². The van der Waals surface area contributed by atoms with Crippen molar-refractivity contribution >= 4 is 40.6 Å². The molecule has 8 heteroatoms. The van der Waals surface area contributed by atoms with E-state index in [1.165, 1.54) is 12.1 Å². The quantitative estimate of drug-likeness (QED) is 0.460. The molecule has 0 radical (unpaired) electrons. The van der Waals surface area contributed by atoms with Crippen LogP contribution in [0.1, 0.15) is 17.3 Å². The van der Waals surface area contributed by atoms with Crippen molar-refractivity contribution in [3.8, 4) is 6.07 Å². The number of rotatable bonds is 6. The van der Waals surface area contributed by atoms with Crippen LogP contribution in [0.25, 0.3) is 0 Å². The van der Waals surface area contributed by atoms with Gasteiger partial charge in [-0.3, -0.25) is 10.2 Å². The number of para-hydroxylation sites is 1. The topological polar surface area (TPSA) is 104 Å². The number of hydrogen-bond acceptors (Lipinski definition) is 6. The monoisotopic (exact) mass is 370 g/mol. The van der Waals surface area contributed by atoms with Gasteiger partial charge in [0.25, 0.3) is 5.91 Å². The number of ether oxygens (including phenoxy) is 1. The van der Waals surface area contributed by atoms with Crippen LogP contribution in [0.15, 0.2) is 53.6 Å². The van der Waals surface area contributed by atoms with Crippen LogP contribution in [0.4, 0.5) is 11.4 Å². The first kappa shape index (κ1) is 19.0. The molecule has 0 heterocycles. The molecule has 1 amide bonds. The predicted molar refractivity (Wildman–Crippen MR) is 99.2 cm³/mol. The number of hydrogen-bond donors (Lipinski definition) is 2. The van der Waals surface area contributed by atoms with E-state index >= 15 is 0 Å². The Morgan fingerprint density at radius 3 is 2.62 bits per heavy atom. The summed E-state index contributed by atoms with van der Waals surface area (Å²) in [4.78, 5) is 23.9. The fourth-order valence-electron chi connectivity index (χ4n) is 1.91. The van der Waals surface area contributed by atoms with Crippen LogP contribution >= 0.6 is 11.6 Å². The van der Waals surface area contributed by atoms with Crippen LogP contribution in [-0.4, -0.2) is 24.2 Å². The second-order valence-electron chi connectivity index (χ2n) is 4.92. The Kier molecular flexibility index (Phi) is 6.71. The van der Waals surface area contributed by atoms with E-state index in [4.69, 9.17) is 21.6 Å². The lowest BCUT2D eigenvalue weighted by Gasteiger charge is -2.08. The zero-order valence-electron chi connectivity index (χ0n) is 13.8. The third-order valence-corrected chi connectivity index (χ3v) is 3.45. The second kappa shape index (κ2) is 9.20. The molecule has 26 heavy (non-hydrogen) atoms. The fraction of sp³-hybridized carbons (Fsp3) is 0.111. The minimum atomic E-state index is -0.850. The maximum atomic E-state index is 12.3. The van der Waals surface area contributed by atoms with E-state index in [9.17, 15) is 9.59 Å². The molecule has 0 aromatic heterocycles. The summed E-state index contributed by atoms with van der Waals surface area (Å²) >= 11 is 6.07. The van der Waals surface area contributed by atoms with Crippen LogP contribution < -0.4 is 10.7 Å². The maximum absolute atomic E-state index is 12.3. The first-order valence-electron chi connectivity index (χ1n) is 7.62. The van der Waals surface area contributed by atoms with Gasteiger partial charge in [0.1, 0.15) is 6.07 Å². The number of esters is 1. The van der Waals surface area contributed by atoms with Crippen LogP contribution in [0.2, 0.25) is 5.02 Å². The molecule has 0 atom stereocenters. The molecule has 132 valence electrons. The second-order valence-corrected chi connectivity index (χ2v) is 5.33. The van der Waals surface area contributed by atoms with Crippen LogP contribution in [0, 0.1) is 11.3 Å². The Bertz CT molecular complexity index is 876. The number of nitriles is 1. The number of benzene rings is 2. The Hall–Kier alpha value is -3.37. The minimum absolute atomic E-state index is 0.120. The lowest BCUT2D eigenvalue weighted by molar-refractivity contribution is -0.134. The van der Waals surface area contributed by atoms with Gasteiger partial charge >= 0.3 is 5.97 Å². The van der Waals surface area contributed by atoms with E-state index in [0.717, 1.165) is 0 Å². The largest absolute Gasteiger partial charge is 0.461 e. The highest BCUT2D eigenvalue weighted by Crippen LogP contribution is 2.23. The van der Waals surface area contributed by atoms with Gasteiger partial charge in [0.2, 0.25) is 5.71 Å². The van der Waals surface area contributed by atoms with Crippen molar-refractivity contribution in [2.75, 3.05) is 17.3 Å². The molecule has 0 aliphatic heterocycles. The summed E-state index contributed by atoms with van der Waals surface area (Å²) in [6.07, 6.45) is 0. The predicted octanol–water partition coefficient (Wildman–Crippen LogP) is 3.45. The van der Waals surface area contributed by atoms with Gasteiger partial charge in [-0.1, -0.05) is 29.8 Å². The molecule has 0 spiro atoms. The molecule has 2 aromatic rings. The summed E-state index contributed by atoms with van der Waals surface area (Å²) in [6, 6.07) is 15.1. The Labute approximate surface area is 155 Å². The van der Waals surface area contributed by atoms with E-state index < -0.39 is 11.7 Å². The lowest BCUT2D eigenvalue weighted by Crippen LogP contribution is -2.17. The van der Waals surface area contributed by atoms with Gasteiger partial charge in [0, 0.05) is 11.3 Å². The smallest absolute Gasteiger partial charge is 0.369 e. The highest BCUT2D eigenvalue weighted by molar-refractivity contribution is 6.43. The third kappa shape index (κ3) is 5.06. The van der Waals surface area contributed by atoms with Gasteiger partial charge in [-0.05, 0) is 37.3 Å². The molecule has 7 nitrogen and oxygen atoms in total. The SMILES string of the molecule is CCOC(=O)/C(C#N)=N\Nc1cc(C(=O)Nc2ccccc2)ccc1Cl. The Morgan fingerprint density at radius 2 is 1.96 bits per heavy atom. The summed E-state index contributed by atoms with van der Waals surface area (Å²) in [7, 11) is 0. The number of anilines is 2. The van der Waals surface area contributed by atoms with Crippen LogP contribution in [0.5, 0.6) is 0 Å². The molecular formula is C18H15ClN4O3. The summed E-state index contributed by atoms with van der Waals surface area (Å²) in [5, 5.41) is 15.7.